The minimum atomic E-state index is 0.734. The molecule has 0 rings (SSSR count). The third-order valence-electron chi connectivity index (χ3n) is 3.94. The van der Waals surface area contributed by atoms with E-state index in [1.165, 1.54) is 83.6 Å². The van der Waals surface area contributed by atoms with Gasteiger partial charge in [0, 0.05) is 0 Å². The van der Waals surface area contributed by atoms with E-state index in [0.29, 0.717) is 0 Å². The molecule has 0 aromatic heterocycles. The standard InChI is InChI=1S/C17H37ClN/c1-4-5-6-7-8-9-10-11-12-13-14-15-16-19(2,3)17-18/h4-17H2,1-3H3/q+1. The van der Waals surface area contributed by atoms with Crippen molar-refractivity contribution >= 4 is 11.6 Å². The molecule has 0 bridgehead atoms. The highest BCUT2D eigenvalue weighted by Gasteiger charge is 2.11. The van der Waals surface area contributed by atoms with Gasteiger partial charge in [0.25, 0.3) is 0 Å². The van der Waals surface area contributed by atoms with Gasteiger partial charge in [0.2, 0.25) is 0 Å². The van der Waals surface area contributed by atoms with Crippen molar-refractivity contribution in [3.63, 3.8) is 0 Å². The molecule has 0 fully saturated rings. The Labute approximate surface area is 127 Å². The van der Waals surface area contributed by atoms with Gasteiger partial charge in [-0.25, -0.2) is 0 Å². The van der Waals surface area contributed by atoms with Gasteiger partial charge in [-0.15, -0.1) is 0 Å². The predicted octanol–water partition coefficient (Wildman–Crippen LogP) is 5.96. The number of unbranched alkanes of at least 4 members (excludes halogenated alkanes) is 11. The highest BCUT2D eigenvalue weighted by molar-refractivity contribution is 6.16. The summed E-state index contributed by atoms with van der Waals surface area (Å²) in [5.41, 5.74) is 0. The quantitative estimate of drug-likeness (QED) is 0.160. The number of rotatable bonds is 14. The van der Waals surface area contributed by atoms with Crippen LogP contribution in [0.15, 0.2) is 0 Å². The summed E-state index contributed by atoms with van der Waals surface area (Å²) >= 11 is 5.91. The van der Waals surface area contributed by atoms with E-state index < -0.39 is 0 Å². The van der Waals surface area contributed by atoms with Gasteiger partial charge in [-0.3, -0.25) is 0 Å². The first-order valence-electron chi connectivity index (χ1n) is 8.50. The van der Waals surface area contributed by atoms with Crippen molar-refractivity contribution in [3.05, 3.63) is 0 Å². The Morgan fingerprint density at radius 3 is 1.37 bits per heavy atom. The molecule has 0 aromatic rings. The monoisotopic (exact) mass is 290 g/mol. The van der Waals surface area contributed by atoms with Crippen LogP contribution in [0.2, 0.25) is 0 Å². The lowest BCUT2D eigenvalue weighted by Crippen LogP contribution is -2.38. The summed E-state index contributed by atoms with van der Waals surface area (Å²) < 4.78 is 0.958. The van der Waals surface area contributed by atoms with Crippen LogP contribution < -0.4 is 0 Å². The maximum absolute atomic E-state index is 5.91. The fourth-order valence-corrected chi connectivity index (χ4v) is 2.56. The normalized spacial score (nSPS) is 12.0. The lowest BCUT2D eigenvalue weighted by atomic mass is 10.1. The summed E-state index contributed by atoms with van der Waals surface area (Å²) in [5, 5.41) is 0. The number of hydrogen-bond acceptors (Lipinski definition) is 0. The highest BCUT2D eigenvalue weighted by atomic mass is 35.5. The van der Waals surface area contributed by atoms with Crippen LogP contribution in [0, 0.1) is 0 Å². The number of quaternary nitrogens is 1. The van der Waals surface area contributed by atoms with Crippen molar-refractivity contribution in [1.82, 2.24) is 0 Å². The summed E-state index contributed by atoms with van der Waals surface area (Å²) in [6.45, 7) is 3.51. The van der Waals surface area contributed by atoms with E-state index >= 15 is 0 Å². The fourth-order valence-electron chi connectivity index (χ4n) is 2.44. The summed E-state index contributed by atoms with van der Waals surface area (Å²) in [7, 11) is 4.43. The zero-order valence-corrected chi connectivity index (χ0v) is 14.5. The van der Waals surface area contributed by atoms with E-state index in [1.807, 2.05) is 0 Å². The first-order valence-corrected chi connectivity index (χ1v) is 9.04. The molecule has 0 N–H and O–H groups in total. The molecule has 0 saturated heterocycles. The van der Waals surface area contributed by atoms with Crippen molar-refractivity contribution in [1.29, 1.82) is 0 Å². The highest BCUT2D eigenvalue weighted by Crippen LogP contribution is 2.12. The van der Waals surface area contributed by atoms with E-state index in [9.17, 15) is 0 Å². The molecule has 0 aliphatic heterocycles. The van der Waals surface area contributed by atoms with Crippen molar-refractivity contribution < 1.29 is 4.48 Å². The van der Waals surface area contributed by atoms with Gasteiger partial charge in [0.15, 0.2) is 6.00 Å². The van der Waals surface area contributed by atoms with Crippen molar-refractivity contribution in [2.45, 2.75) is 84.0 Å². The summed E-state index contributed by atoms with van der Waals surface area (Å²) in [4.78, 5) is 0. The molecule has 2 heteroatoms. The Kier molecular flexibility index (Phi) is 13.4. The summed E-state index contributed by atoms with van der Waals surface area (Å²) in [6.07, 6.45) is 17.1. The van der Waals surface area contributed by atoms with Gasteiger partial charge in [-0.1, -0.05) is 82.7 Å². The minimum absolute atomic E-state index is 0.734. The average molecular weight is 291 g/mol. The second-order valence-corrected chi connectivity index (χ2v) is 6.91. The Balaban J connectivity index is 3.07. The molecular formula is C17H37ClN+. The second kappa shape index (κ2) is 13.2. The molecule has 0 atom stereocenters. The van der Waals surface area contributed by atoms with Crippen molar-refractivity contribution in [3.8, 4) is 0 Å². The average Bonchev–Trinajstić information content (AvgIpc) is 2.40. The van der Waals surface area contributed by atoms with E-state index in [1.54, 1.807) is 0 Å². The molecule has 0 spiro atoms. The smallest absolute Gasteiger partial charge is 0.154 e. The van der Waals surface area contributed by atoms with Gasteiger partial charge in [-0.05, 0) is 12.8 Å². The van der Waals surface area contributed by atoms with E-state index in [-0.39, 0.29) is 0 Å². The van der Waals surface area contributed by atoms with Crippen LogP contribution in [0.1, 0.15) is 84.0 Å². The van der Waals surface area contributed by atoms with Crippen LogP contribution in [0.3, 0.4) is 0 Å². The van der Waals surface area contributed by atoms with Crippen molar-refractivity contribution in [2.75, 3.05) is 26.6 Å². The molecule has 0 aliphatic carbocycles. The zero-order chi connectivity index (χ0) is 14.4. The van der Waals surface area contributed by atoms with E-state index in [2.05, 4.69) is 21.0 Å². The largest absolute Gasteiger partial charge is 0.316 e. The molecule has 0 unspecified atom stereocenters. The molecule has 116 valence electrons. The predicted molar refractivity (Wildman–Crippen MR) is 88.8 cm³/mol. The number of alkyl halides is 1. The van der Waals surface area contributed by atoms with Crippen LogP contribution in [0.5, 0.6) is 0 Å². The second-order valence-electron chi connectivity index (χ2n) is 6.67. The van der Waals surface area contributed by atoms with E-state index in [0.717, 1.165) is 10.5 Å². The molecule has 0 amide bonds. The Morgan fingerprint density at radius 1 is 0.632 bits per heavy atom. The lowest BCUT2D eigenvalue weighted by Gasteiger charge is -2.26. The van der Waals surface area contributed by atoms with Gasteiger partial charge in [-0.2, -0.15) is 0 Å². The van der Waals surface area contributed by atoms with Crippen LogP contribution >= 0.6 is 11.6 Å². The van der Waals surface area contributed by atoms with Crippen LogP contribution in [0.4, 0.5) is 0 Å². The molecule has 0 radical (unpaired) electrons. The topological polar surface area (TPSA) is 0 Å². The van der Waals surface area contributed by atoms with Crippen LogP contribution in [0.25, 0.3) is 0 Å². The van der Waals surface area contributed by atoms with Gasteiger partial charge < -0.3 is 4.48 Å². The van der Waals surface area contributed by atoms with Crippen LogP contribution in [-0.4, -0.2) is 31.1 Å². The summed E-state index contributed by atoms with van der Waals surface area (Å²) in [5.74, 6) is 0. The molecule has 19 heavy (non-hydrogen) atoms. The Morgan fingerprint density at radius 2 is 1.00 bits per heavy atom. The van der Waals surface area contributed by atoms with Gasteiger partial charge in [0.1, 0.15) is 0 Å². The molecule has 0 heterocycles. The first kappa shape index (κ1) is 19.2. The SMILES string of the molecule is CCCCCCCCCCCCCC[N+](C)(C)CCl. The number of halogens is 1. The summed E-state index contributed by atoms with van der Waals surface area (Å²) in [6, 6.07) is 0.734. The van der Waals surface area contributed by atoms with Gasteiger partial charge >= 0.3 is 0 Å². The van der Waals surface area contributed by atoms with Crippen LogP contribution in [-0.2, 0) is 0 Å². The zero-order valence-electron chi connectivity index (χ0n) is 13.7. The number of hydrogen-bond donors (Lipinski definition) is 0. The Bertz CT molecular complexity index is 180. The molecule has 0 saturated carbocycles. The van der Waals surface area contributed by atoms with Crippen molar-refractivity contribution in [2.24, 2.45) is 0 Å². The fraction of sp³-hybridized carbons (Fsp3) is 1.00. The maximum atomic E-state index is 5.91. The third-order valence-corrected chi connectivity index (χ3v) is 4.59. The lowest BCUT2D eigenvalue weighted by molar-refractivity contribution is -0.879. The van der Waals surface area contributed by atoms with Gasteiger partial charge in [0.05, 0.1) is 20.6 Å². The third kappa shape index (κ3) is 14.5. The van der Waals surface area contributed by atoms with E-state index in [4.69, 9.17) is 11.6 Å². The molecule has 1 nitrogen and oxygen atoms in total. The minimum Gasteiger partial charge on any atom is -0.316 e. The first-order chi connectivity index (χ1) is 9.12. The molecular weight excluding hydrogens is 254 g/mol. The molecule has 0 aromatic carbocycles. The maximum Gasteiger partial charge on any atom is 0.154 e. The Hall–Kier alpha value is 0.250. The number of nitrogens with zero attached hydrogens (tertiary/aromatic N) is 1. The molecule has 0 aliphatic rings.